The van der Waals surface area contributed by atoms with Gasteiger partial charge in [-0.2, -0.15) is 0 Å². The fourth-order valence-corrected chi connectivity index (χ4v) is 11.1. The molecule has 0 aliphatic heterocycles. The van der Waals surface area contributed by atoms with Crippen molar-refractivity contribution in [3.05, 3.63) is 0 Å². The Labute approximate surface area is 327 Å². The van der Waals surface area contributed by atoms with Crippen LogP contribution in [0.2, 0.25) is 0 Å². The molecule has 0 aromatic heterocycles. The minimum absolute atomic E-state index is 0.728. The molecule has 0 nitrogen and oxygen atoms in total. The summed E-state index contributed by atoms with van der Waals surface area (Å²) in [5, 5.41) is 0. The smallest absolute Gasteiger partial charge is 0.0386 e. The van der Waals surface area contributed by atoms with Gasteiger partial charge in [0.25, 0.3) is 0 Å². The van der Waals surface area contributed by atoms with Gasteiger partial charge in [0, 0.05) is 0 Å². The zero-order valence-electron chi connectivity index (χ0n) is 40.6. The Morgan fingerprint density at radius 2 is 0.294 bits per heavy atom. The largest absolute Gasteiger partial charge is 0.0651 e. The second kappa shape index (κ2) is 22.5. The third kappa shape index (κ3) is 13.0. The van der Waals surface area contributed by atoms with Crippen LogP contribution in [0.25, 0.3) is 0 Å². The van der Waals surface area contributed by atoms with Crippen LogP contribution in [0, 0.1) is 142 Å². The summed E-state index contributed by atoms with van der Waals surface area (Å²) in [6.07, 6.45) is 1.30. The highest BCUT2D eigenvalue weighted by molar-refractivity contribution is 4.88. The SMILES string of the molecule is CCC(C)C(C)C(C)C(C)C(C)C(C)C(C)C(C)C(C)C(C)C(C)C(C)C(C)C(C)C(C)C(C)C(C)C(C)C(C)C(C)C(C)C(C)C(C)C(C)C. The molecule has 0 aliphatic carbocycles. The van der Waals surface area contributed by atoms with E-state index >= 15 is 0 Å². The maximum Gasteiger partial charge on any atom is -0.0386 e. The van der Waals surface area contributed by atoms with Gasteiger partial charge in [-0.1, -0.05) is 186 Å². The molecule has 0 saturated heterocycles. The quantitative estimate of drug-likeness (QED) is 0.0933. The van der Waals surface area contributed by atoms with E-state index in [1.807, 2.05) is 0 Å². The molecule has 0 spiro atoms. The molecule has 0 rings (SSSR count). The minimum atomic E-state index is 0.728. The predicted molar refractivity (Wildman–Crippen MR) is 236 cm³/mol. The molecule has 0 radical (unpaired) electrons. The first kappa shape index (κ1) is 51.0. The average Bonchev–Trinajstić information content (AvgIpc) is 3.13. The first-order valence-corrected chi connectivity index (χ1v) is 23.2. The highest BCUT2D eigenvalue weighted by Crippen LogP contribution is 2.46. The van der Waals surface area contributed by atoms with Gasteiger partial charge in [-0.25, -0.2) is 0 Å². The summed E-state index contributed by atoms with van der Waals surface area (Å²) in [6, 6.07) is 0. The Balaban J connectivity index is 5.57. The van der Waals surface area contributed by atoms with Crippen LogP contribution in [0.15, 0.2) is 0 Å². The maximum absolute atomic E-state index is 2.60. The summed E-state index contributed by atoms with van der Waals surface area (Å²) in [7, 11) is 0. The van der Waals surface area contributed by atoms with Crippen molar-refractivity contribution in [2.75, 3.05) is 0 Å². The van der Waals surface area contributed by atoms with E-state index in [2.05, 4.69) is 180 Å². The van der Waals surface area contributed by atoms with Gasteiger partial charge in [0.2, 0.25) is 0 Å². The summed E-state index contributed by atoms with van der Waals surface area (Å²) in [5.74, 6) is 18.0. The van der Waals surface area contributed by atoms with Crippen molar-refractivity contribution >= 4 is 0 Å². The summed E-state index contributed by atoms with van der Waals surface area (Å²) in [4.78, 5) is 0. The van der Waals surface area contributed by atoms with Crippen LogP contribution in [0.3, 0.4) is 0 Å². The van der Waals surface area contributed by atoms with Crippen LogP contribution < -0.4 is 0 Å². The highest BCUT2D eigenvalue weighted by atomic mass is 14.4. The van der Waals surface area contributed by atoms with Crippen molar-refractivity contribution in [1.29, 1.82) is 0 Å². The number of hydrogen-bond donors (Lipinski definition) is 0. The molecule has 0 heteroatoms. The van der Waals surface area contributed by atoms with Crippen LogP contribution in [0.1, 0.15) is 186 Å². The Hall–Kier alpha value is 0. The molecule has 0 N–H and O–H groups in total. The fraction of sp³-hybridized carbons (Fsp3) is 1.00. The standard InChI is InChI=1S/C51H104/c1-27-29(4)31(6)33(8)35(10)37(12)39(14)41(16)43(18)45(20)47(22)49(24)51(26)50(25)48(23)46(21)44(19)42(17)40(15)38(13)36(11)34(9)32(7)30(5)28(2)3/h28-51H,27H2,1-26H3. The Morgan fingerprint density at radius 1 is 0.176 bits per heavy atom. The molecule has 0 amide bonds. The second-order valence-electron chi connectivity index (χ2n) is 21.5. The molecular weight excluding hydrogens is 613 g/mol. The maximum atomic E-state index is 2.60. The van der Waals surface area contributed by atoms with Crippen molar-refractivity contribution in [2.24, 2.45) is 142 Å². The minimum Gasteiger partial charge on any atom is -0.0651 e. The van der Waals surface area contributed by atoms with Gasteiger partial charge in [0.05, 0.1) is 0 Å². The molecule has 23 atom stereocenters. The first-order chi connectivity index (χ1) is 23.2. The summed E-state index contributed by atoms with van der Waals surface area (Å²) in [6.45, 7) is 66.2. The molecule has 0 fully saturated rings. The summed E-state index contributed by atoms with van der Waals surface area (Å²) >= 11 is 0. The molecule has 23 unspecified atom stereocenters. The third-order valence-electron chi connectivity index (χ3n) is 20.0. The Kier molecular flexibility index (Phi) is 22.5. The molecule has 0 aromatic rings. The van der Waals surface area contributed by atoms with E-state index < -0.39 is 0 Å². The lowest BCUT2D eigenvalue weighted by molar-refractivity contribution is 0.0422. The zero-order chi connectivity index (χ0) is 40.6. The van der Waals surface area contributed by atoms with Crippen LogP contribution in [-0.2, 0) is 0 Å². The van der Waals surface area contributed by atoms with Gasteiger partial charge in [-0.05, 0) is 142 Å². The molecule has 0 aromatic carbocycles. The molecule has 308 valence electrons. The van der Waals surface area contributed by atoms with Crippen LogP contribution in [0.5, 0.6) is 0 Å². The molecule has 0 aliphatic rings. The van der Waals surface area contributed by atoms with Crippen LogP contribution in [-0.4, -0.2) is 0 Å². The average molecular weight is 717 g/mol. The second-order valence-corrected chi connectivity index (χ2v) is 21.5. The van der Waals surface area contributed by atoms with Crippen molar-refractivity contribution in [1.82, 2.24) is 0 Å². The van der Waals surface area contributed by atoms with Gasteiger partial charge >= 0.3 is 0 Å². The lowest BCUT2D eigenvalue weighted by atomic mass is 9.61. The monoisotopic (exact) mass is 717 g/mol. The number of hydrogen-bond acceptors (Lipinski definition) is 0. The lowest BCUT2D eigenvalue weighted by Gasteiger charge is -2.44. The molecule has 0 saturated carbocycles. The van der Waals surface area contributed by atoms with Crippen molar-refractivity contribution in [3.63, 3.8) is 0 Å². The normalized spacial score (nSPS) is 26.6. The fourth-order valence-electron chi connectivity index (χ4n) is 11.1. The van der Waals surface area contributed by atoms with E-state index in [0.717, 1.165) is 142 Å². The molecule has 0 heterocycles. The van der Waals surface area contributed by atoms with E-state index in [1.165, 1.54) is 6.42 Å². The van der Waals surface area contributed by atoms with Crippen molar-refractivity contribution in [3.8, 4) is 0 Å². The van der Waals surface area contributed by atoms with Gasteiger partial charge in [0.1, 0.15) is 0 Å². The van der Waals surface area contributed by atoms with Gasteiger partial charge < -0.3 is 0 Å². The Bertz CT molecular complexity index is 902. The topological polar surface area (TPSA) is 0 Å². The Morgan fingerprint density at radius 3 is 0.412 bits per heavy atom. The van der Waals surface area contributed by atoms with E-state index in [4.69, 9.17) is 0 Å². The van der Waals surface area contributed by atoms with E-state index in [9.17, 15) is 0 Å². The highest BCUT2D eigenvalue weighted by Gasteiger charge is 2.40. The van der Waals surface area contributed by atoms with Gasteiger partial charge in [-0.15, -0.1) is 0 Å². The van der Waals surface area contributed by atoms with E-state index in [0.29, 0.717) is 0 Å². The molecular formula is C51H104. The number of rotatable bonds is 24. The zero-order valence-corrected chi connectivity index (χ0v) is 40.6. The van der Waals surface area contributed by atoms with E-state index in [1.54, 1.807) is 0 Å². The van der Waals surface area contributed by atoms with Crippen LogP contribution in [0.4, 0.5) is 0 Å². The first-order valence-electron chi connectivity index (χ1n) is 23.2. The summed E-state index contributed by atoms with van der Waals surface area (Å²) in [5.41, 5.74) is 0. The predicted octanol–water partition coefficient (Wildman–Crippen LogP) is 16.7. The van der Waals surface area contributed by atoms with Crippen LogP contribution >= 0.6 is 0 Å². The van der Waals surface area contributed by atoms with Crippen molar-refractivity contribution < 1.29 is 0 Å². The third-order valence-corrected chi connectivity index (χ3v) is 20.0. The van der Waals surface area contributed by atoms with Gasteiger partial charge in [-0.3, -0.25) is 0 Å². The lowest BCUT2D eigenvalue weighted by Crippen LogP contribution is -2.38. The van der Waals surface area contributed by atoms with Gasteiger partial charge in [0.15, 0.2) is 0 Å². The van der Waals surface area contributed by atoms with E-state index in [-0.39, 0.29) is 0 Å². The molecule has 51 heavy (non-hydrogen) atoms. The van der Waals surface area contributed by atoms with Crippen molar-refractivity contribution in [2.45, 2.75) is 186 Å². The molecule has 0 bridgehead atoms. The summed E-state index contributed by atoms with van der Waals surface area (Å²) < 4.78 is 0.